The summed E-state index contributed by atoms with van der Waals surface area (Å²) in [5.41, 5.74) is 0.843. The van der Waals surface area contributed by atoms with Crippen molar-refractivity contribution in [3.8, 4) is 0 Å². The number of anilines is 2. The maximum atomic E-state index is 13.0. The van der Waals surface area contributed by atoms with Gasteiger partial charge in [0.05, 0.1) is 6.42 Å². The average molecular weight is 383 g/mol. The minimum absolute atomic E-state index is 0.0860. The summed E-state index contributed by atoms with van der Waals surface area (Å²) in [4.78, 5) is 28.2. The lowest BCUT2D eigenvalue weighted by Crippen LogP contribution is -2.49. The summed E-state index contributed by atoms with van der Waals surface area (Å²) in [6, 6.07) is 8.22. The Balaban J connectivity index is 1.37. The SMILES string of the molecule is Cc1nc(N2CCCC2)cc(N2CCN(C(=O)Cc3ccc(F)cc3)CC2)n1. The van der Waals surface area contributed by atoms with Crippen molar-refractivity contribution in [3.05, 3.63) is 47.5 Å². The summed E-state index contributed by atoms with van der Waals surface area (Å²) in [7, 11) is 0. The van der Waals surface area contributed by atoms with Crippen LogP contribution < -0.4 is 9.80 Å². The first kappa shape index (κ1) is 18.7. The lowest BCUT2D eigenvalue weighted by Gasteiger charge is -2.36. The van der Waals surface area contributed by atoms with Crippen molar-refractivity contribution in [1.29, 1.82) is 0 Å². The normalized spacial score (nSPS) is 17.3. The van der Waals surface area contributed by atoms with Crippen molar-refractivity contribution in [2.45, 2.75) is 26.2 Å². The Kier molecular flexibility index (Phi) is 5.41. The van der Waals surface area contributed by atoms with Crippen LogP contribution in [0.5, 0.6) is 0 Å². The van der Waals surface area contributed by atoms with E-state index in [1.54, 1.807) is 12.1 Å². The molecule has 1 aromatic carbocycles. The molecule has 3 heterocycles. The minimum atomic E-state index is -0.279. The van der Waals surface area contributed by atoms with Gasteiger partial charge in [0.1, 0.15) is 23.3 Å². The van der Waals surface area contributed by atoms with Gasteiger partial charge in [-0.3, -0.25) is 4.79 Å². The van der Waals surface area contributed by atoms with Gasteiger partial charge in [0.25, 0.3) is 0 Å². The second kappa shape index (κ2) is 8.12. The number of piperazine rings is 1. The molecule has 1 amide bonds. The van der Waals surface area contributed by atoms with Gasteiger partial charge in [0.2, 0.25) is 5.91 Å². The molecule has 148 valence electrons. The molecular formula is C21H26FN5O. The van der Waals surface area contributed by atoms with E-state index in [9.17, 15) is 9.18 Å². The van der Waals surface area contributed by atoms with Crippen LogP contribution in [-0.2, 0) is 11.2 Å². The third kappa shape index (κ3) is 4.24. The fourth-order valence-electron chi connectivity index (χ4n) is 3.88. The number of aryl methyl sites for hydroxylation is 1. The van der Waals surface area contributed by atoms with Crippen LogP contribution in [0.4, 0.5) is 16.0 Å². The molecule has 0 unspecified atom stereocenters. The number of hydrogen-bond acceptors (Lipinski definition) is 5. The summed E-state index contributed by atoms with van der Waals surface area (Å²) >= 11 is 0. The summed E-state index contributed by atoms with van der Waals surface area (Å²) < 4.78 is 13.0. The third-order valence-corrected chi connectivity index (χ3v) is 5.47. The first-order chi connectivity index (χ1) is 13.6. The van der Waals surface area contributed by atoms with Gasteiger partial charge in [-0.05, 0) is 37.5 Å². The van der Waals surface area contributed by atoms with Crippen molar-refractivity contribution in [3.63, 3.8) is 0 Å². The zero-order valence-electron chi connectivity index (χ0n) is 16.3. The van der Waals surface area contributed by atoms with Gasteiger partial charge in [-0.1, -0.05) is 12.1 Å². The second-order valence-electron chi connectivity index (χ2n) is 7.50. The Hall–Kier alpha value is -2.70. The van der Waals surface area contributed by atoms with E-state index in [-0.39, 0.29) is 11.7 Å². The van der Waals surface area contributed by atoms with Gasteiger partial charge < -0.3 is 14.7 Å². The van der Waals surface area contributed by atoms with E-state index in [1.807, 2.05) is 11.8 Å². The summed E-state index contributed by atoms with van der Waals surface area (Å²) in [6.07, 6.45) is 2.74. The second-order valence-corrected chi connectivity index (χ2v) is 7.50. The molecule has 2 aliphatic rings. The Morgan fingerprint density at radius 3 is 2.11 bits per heavy atom. The highest BCUT2D eigenvalue weighted by Gasteiger charge is 2.23. The molecule has 6 nitrogen and oxygen atoms in total. The van der Waals surface area contributed by atoms with Gasteiger partial charge in [0.15, 0.2) is 0 Å². The minimum Gasteiger partial charge on any atom is -0.356 e. The van der Waals surface area contributed by atoms with E-state index in [0.29, 0.717) is 19.5 Å². The van der Waals surface area contributed by atoms with Crippen molar-refractivity contribution in [1.82, 2.24) is 14.9 Å². The van der Waals surface area contributed by atoms with E-state index >= 15 is 0 Å². The molecule has 4 rings (SSSR count). The maximum Gasteiger partial charge on any atom is 0.227 e. The van der Waals surface area contributed by atoms with Crippen LogP contribution in [0, 0.1) is 12.7 Å². The fourth-order valence-corrected chi connectivity index (χ4v) is 3.88. The van der Waals surface area contributed by atoms with Crippen molar-refractivity contribution < 1.29 is 9.18 Å². The van der Waals surface area contributed by atoms with E-state index in [2.05, 4.69) is 25.8 Å². The molecule has 2 fully saturated rings. The number of benzene rings is 1. The number of amides is 1. The molecule has 7 heteroatoms. The van der Waals surface area contributed by atoms with Crippen LogP contribution in [0.1, 0.15) is 24.2 Å². The van der Waals surface area contributed by atoms with E-state index in [0.717, 1.165) is 49.2 Å². The van der Waals surface area contributed by atoms with Crippen LogP contribution in [0.3, 0.4) is 0 Å². The molecule has 2 saturated heterocycles. The summed E-state index contributed by atoms with van der Waals surface area (Å²) in [6.45, 7) is 6.90. The van der Waals surface area contributed by atoms with Gasteiger partial charge >= 0.3 is 0 Å². The van der Waals surface area contributed by atoms with E-state index in [4.69, 9.17) is 0 Å². The molecule has 0 spiro atoms. The Morgan fingerprint density at radius 1 is 0.929 bits per heavy atom. The quantitative estimate of drug-likeness (QED) is 0.812. The van der Waals surface area contributed by atoms with E-state index < -0.39 is 0 Å². The molecule has 0 radical (unpaired) electrons. The Labute approximate surface area is 165 Å². The molecule has 0 atom stereocenters. The van der Waals surface area contributed by atoms with Gasteiger partial charge in [-0.25, -0.2) is 14.4 Å². The highest BCUT2D eigenvalue weighted by atomic mass is 19.1. The number of aromatic nitrogens is 2. The number of hydrogen-bond donors (Lipinski definition) is 0. The van der Waals surface area contributed by atoms with Crippen LogP contribution >= 0.6 is 0 Å². The Bertz CT molecular complexity index is 827. The number of halogens is 1. The summed E-state index contributed by atoms with van der Waals surface area (Å²) in [5, 5.41) is 0. The highest BCUT2D eigenvalue weighted by molar-refractivity contribution is 5.79. The van der Waals surface area contributed by atoms with Crippen LogP contribution in [0.2, 0.25) is 0 Å². The zero-order chi connectivity index (χ0) is 19.5. The summed E-state index contributed by atoms with van der Waals surface area (Å²) in [5.74, 6) is 2.55. The van der Waals surface area contributed by atoms with Crippen LogP contribution in [0.15, 0.2) is 30.3 Å². The first-order valence-electron chi connectivity index (χ1n) is 9.96. The fraction of sp³-hybridized carbons (Fsp3) is 0.476. The molecule has 0 aliphatic carbocycles. The third-order valence-electron chi connectivity index (χ3n) is 5.47. The van der Waals surface area contributed by atoms with Gasteiger partial charge in [-0.2, -0.15) is 0 Å². The molecular weight excluding hydrogens is 357 g/mol. The van der Waals surface area contributed by atoms with Crippen molar-refractivity contribution in [2.24, 2.45) is 0 Å². The van der Waals surface area contributed by atoms with Gasteiger partial charge in [-0.15, -0.1) is 0 Å². The molecule has 0 bridgehead atoms. The standard InChI is InChI=1S/C21H26FN5O/c1-16-23-19(25-8-2-3-9-25)15-20(24-16)26-10-12-27(13-11-26)21(28)14-17-4-6-18(22)7-5-17/h4-7,15H,2-3,8-14H2,1H3. The predicted molar refractivity (Wildman–Crippen MR) is 107 cm³/mol. The monoisotopic (exact) mass is 383 g/mol. The smallest absolute Gasteiger partial charge is 0.227 e. The lowest BCUT2D eigenvalue weighted by molar-refractivity contribution is -0.130. The molecule has 28 heavy (non-hydrogen) atoms. The Morgan fingerprint density at radius 2 is 1.50 bits per heavy atom. The molecule has 2 aromatic rings. The number of carbonyl (C=O) groups is 1. The first-order valence-corrected chi connectivity index (χ1v) is 9.96. The van der Waals surface area contributed by atoms with E-state index in [1.165, 1.54) is 25.0 Å². The lowest BCUT2D eigenvalue weighted by atomic mass is 10.1. The number of nitrogens with zero attached hydrogens (tertiary/aromatic N) is 5. The van der Waals surface area contributed by atoms with Crippen molar-refractivity contribution in [2.75, 3.05) is 49.1 Å². The number of carbonyl (C=O) groups excluding carboxylic acids is 1. The molecule has 0 saturated carbocycles. The molecule has 1 aromatic heterocycles. The van der Waals surface area contributed by atoms with Crippen molar-refractivity contribution >= 4 is 17.5 Å². The average Bonchev–Trinajstić information content (AvgIpc) is 3.24. The largest absolute Gasteiger partial charge is 0.356 e. The number of rotatable bonds is 4. The highest BCUT2D eigenvalue weighted by Crippen LogP contribution is 2.23. The van der Waals surface area contributed by atoms with Crippen LogP contribution in [-0.4, -0.2) is 60.0 Å². The zero-order valence-corrected chi connectivity index (χ0v) is 16.3. The predicted octanol–water partition coefficient (Wildman–Crippen LogP) is 2.42. The van der Waals surface area contributed by atoms with Crippen LogP contribution in [0.25, 0.3) is 0 Å². The molecule has 2 aliphatic heterocycles. The van der Waals surface area contributed by atoms with Gasteiger partial charge in [0, 0.05) is 45.3 Å². The maximum absolute atomic E-state index is 13.0. The molecule has 0 N–H and O–H groups in total. The topological polar surface area (TPSA) is 52.6 Å².